The van der Waals surface area contributed by atoms with Gasteiger partial charge < -0.3 is 4.74 Å². The fourth-order valence-corrected chi connectivity index (χ4v) is 2.57. The first-order chi connectivity index (χ1) is 10.1. The minimum atomic E-state index is -0.280. The SMILES string of the molecule is NNC(COc1cccc(Cl)c1)Cc1ccc(F)cc1Br. The lowest BCUT2D eigenvalue weighted by molar-refractivity contribution is 0.264. The Morgan fingerprint density at radius 3 is 2.76 bits per heavy atom. The van der Waals surface area contributed by atoms with Crippen LogP contribution in [0.4, 0.5) is 4.39 Å². The molecule has 0 aliphatic rings. The van der Waals surface area contributed by atoms with Gasteiger partial charge in [0.2, 0.25) is 0 Å². The van der Waals surface area contributed by atoms with Gasteiger partial charge in [-0.25, -0.2) is 4.39 Å². The van der Waals surface area contributed by atoms with E-state index in [-0.39, 0.29) is 11.9 Å². The molecule has 2 aromatic carbocycles. The van der Waals surface area contributed by atoms with E-state index in [1.807, 2.05) is 12.1 Å². The lowest BCUT2D eigenvalue weighted by Crippen LogP contribution is -2.41. The van der Waals surface area contributed by atoms with E-state index in [2.05, 4.69) is 21.4 Å². The van der Waals surface area contributed by atoms with E-state index < -0.39 is 0 Å². The molecule has 3 N–H and O–H groups in total. The molecule has 0 saturated carbocycles. The summed E-state index contributed by atoms with van der Waals surface area (Å²) in [4.78, 5) is 0. The minimum absolute atomic E-state index is 0.106. The Morgan fingerprint density at radius 1 is 1.29 bits per heavy atom. The Labute approximate surface area is 136 Å². The zero-order chi connectivity index (χ0) is 15.2. The molecule has 1 atom stereocenters. The maximum atomic E-state index is 13.1. The number of ether oxygens (including phenoxy) is 1. The molecule has 0 radical (unpaired) electrons. The smallest absolute Gasteiger partial charge is 0.124 e. The predicted molar refractivity (Wildman–Crippen MR) is 85.9 cm³/mol. The Hall–Kier alpha value is -1.14. The highest BCUT2D eigenvalue weighted by Gasteiger charge is 2.12. The van der Waals surface area contributed by atoms with Gasteiger partial charge in [-0.1, -0.05) is 39.7 Å². The molecule has 0 spiro atoms. The molecule has 3 nitrogen and oxygen atoms in total. The molecule has 2 aromatic rings. The minimum Gasteiger partial charge on any atom is -0.492 e. The van der Waals surface area contributed by atoms with Crippen molar-refractivity contribution in [2.75, 3.05) is 6.61 Å². The Bertz CT molecular complexity index is 612. The Kier molecular flexibility index (Phi) is 5.99. The van der Waals surface area contributed by atoms with Crippen molar-refractivity contribution >= 4 is 27.5 Å². The number of rotatable bonds is 6. The molecule has 2 rings (SSSR count). The second-order valence-electron chi connectivity index (χ2n) is 4.57. The molecule has 6 heteroatoms. The van der Waals surface area contributed by atoms with Crippen molar-refractivity contribution in [3.05, 3.63) is 63.3 Å². The summed E-state index contributed by atoms with van der Waals surface area (Å²) in [6, 6.07) is 11.6. The fraction of sp³-hybridized carbons (Fsp3) is 0.200. The van der Waals surface area contributed by atoms with Gasteiger partial charge in [0.15, 0.2) is 0 Å². The highest BCUT2D eigenvalue weighted by Crippen LogP contribution is 2.20. The van der Waals surface area contributed by atoms with Crippen molar-refractivity contribution in [1.29, 1.82) is 0 Å². The Morgan fingerprint density at radius 2 is 2.10 bits per heavy atom. The number of nitrogens with two attached hydrogens (primary N) is 1. The Balaban J connectivity index is 1.97. The van der Waals surface area contributed by atoms with Crippen LogP contribution >= 0.6 is 27.5 Å². The summed E-state index contributed by atoms with van der Waals surface area (Å²) in [5, 5.41) is 0.617. The van der Waals surface area contributed by atoms with Crippen molar-refractivity contribution in [1.82, 2.24) is 5.43 Å². The van der Waals surface area contributed by atoms with Gasteiger partial charge in [0.05, 0.1) is 6.04 Å². The maximum Gasteiger partial charge on any atom is 0.124 e. The molecule has 0 heterocycles. The standard InChI is InChI=1S/C15H15BrClFN2O/c16-15-8-12(18)5-4-10(15)6-13(20-19)9-21-14-3-1-2-11(17)7-14/h1-5,7-8,13,20H,6,9,19H2. The van der Waals surface area contributed by atoms with E-state index in [1.54, 1.807) is 18.2 Å². The van der Waals surface area contributed by atoms with E-state index in [0.29, 0.717) is 28.3 Å². The largest absolute Gasteiger partial charge is 0.492 e. The molecule has 0 saturated heterocycles. The average Bonchev–Trinajstić information content (AvgIpc) is 2.45. The number of halogens is 3. The second-order valence-corrected chi connectivity index (χ2v) is 5.86. The molecule has 0 aliphatic carbocycles. The predicted octanol–water partition coefficient (Wildman–Crippen LogP) is 3.70. The number of hydrogen-bond donors (Lipinski definition) is 2. The monoisotopic (exact) mass is 372 g/mol. The molecule has 0 amide bonds. The van der Waals surface area contributed by atoms with Gasteiger partial charge in [-0.15, -0.1) is 0 Å². The van der Waals surface area contributed by atoms with Gasteiger partial charge in [-0.05, 0) is 42.3 Å². The van der Waals surface area contributed by atoms with Crippen molar-refractivity contribution in [2.45, 2.75) is 12.5 Å². The molecule has 1 unspecified atom stereocenters. The number of hydrogen-bond acceptors (Lipinski definition) is 3. The number of benzene rings is 2. The maximum absolute atomic E-state index is 13.1. The summed E-state index contributed by atoms with van der Waals surface area (Å²) in [6.45, 7) is 0.376. The highest BCUT2D eigenvalue weighted by atomic mass is 79.9. The van der Waals surface area contributed by atoms with Crippen molar-refractivity contribution in [3.8, 4) is 5.75 Å². The van der Waals surface area contributed by atoms with Gasteiger partial charge in [-0.3, -0.25) is 11.3 Å². The summed E-state index contributed by atoms with van der Waals surface area (Å²) in [5.41, 5.74) is 3.66. The fourth-order valence-electron chi connectivity index (χ4n) is 1.87. The number of hydrazine groups is 1. The average molecular weight is 374 g/mol. The van der Waals surface area contributed by atoms with Crippen LogP contribution in [0.3, 0.4) is 0 Å². The quantitative estimate of drug-likeness (QED) is 0.599. The summed E-state index contributed by atoms with van der Waals surface area (Å²) in [7, 11) is 0. The molecule has 0 bridgehead atoms. The summed E-state index contributed by atoms with van der Waals surface area (Å²) >= 11 is 9.24. The molecule has 0 fully saturated rings. The van der Waals surface area contributed by atoms with E-state index in [1.165, 1.54) is 12.1 Å². The van der Waals surface area contributed by atoms with Gasteiger partial charge >= 0.3 is 0 Å². The van der Waals surface area contributed by atoms with E-state index in [9.17, 15) is 4.39 Å². The van der Waals surface area contributed by atoms with Gasteiger partial charge in [-0.2, -0.15) is 0 Å². The van der Waals surface area contributed by atoms with Crippen LogP contribution in [-0.2, 0) is 6.42 Å². The van der Waals surface area contributed by atoms with E-state index >= 15 is 0 Å². The summed E-state index contributed by atoms with van der Waals surface area (Å²) in [5.74, 6) is 5.95. The zero-order valence-corrected chi connectivity index (χ0v) is 13.5. The lowest BCUT2D eigenvalue weighted by atomic mass is 10.1. The normalized spacial score (nSPS) is 12.2. The summed E-state index contributed by atoms with van der Waals surface area (Å²) < 4.78 is 19.4. The van der Waals surface area contributed by atoms with Crippen LogP contribution in [-0.4, -0.2) is 12.6 Å². The first-order valence-electron chi connectivity index (χ1n) is 6.37. The zero-order valence-electron chi connectivity index (χ0n) is 11.2. The molecule has 0 aromatic heterocycles. The molecular formula is C15H15BrClFN2O. The first kappa shape index (κ1) is 16.2. The van der Waals surface area contributed by atoms with Crippen LogP contribution < -0.4 is 16.0 Å². The highest BCUT2D eigenvalue weighted by molar-refractivity contribution is 9.10. The van der Waals surface area contributed by atoms with Crippen molar-refractivity contribution < 1.29 is 9.13 Å². The van der Waals surface area contributed by atoms with Gasteiger partial charge in [0.1, 0.15) is 18.2 Å². The van der Waals surface area contributed by atoms with Crippen LogP contribution in [0.5, 0.6) is 5.75 Å². The van der Waals surface area contributed by atoms with Crippen LogP contribution in [0.2, 0.25) is 5.02 Å². The first-order valence-corrected chi connectivity index (χ1v) is 7.54. The van der Waals surface area contributed by atoms with Crippen molar-refractivity contribution in [3.63, 3.8) is 0 Å². The number of nitrogens with one attached hydrogen (secondary N) is 1. The molecular weight excluding hydrogens is 359 g/mol. The van der Waals surface area contributed by atoms with E-state index in [0.717, 1.165) is 5.56 Å². The van der Waals surface area contributed by atoms with Gasteiger partial charge in [0.25, 0.3) is 0 Å². The van der Waals surface area contributed by atoms with E-state index in [4.69, 9.17) is 22.2 Å². The van der Waals surface area contributed by atoms with Gasteiger partial charge in [0, 0.05) is 9.50 Å². The van der Waals surface area contributed by atoms with Crippen LogP contribution in [0.25, 0.3) is 0 Å². The van der Waals surface area contributed by atoms with Crippen LogP contribution in [0.1, 0.15) is 5.56 Å². The molecule has 21 heavy (non-hydrogen) atoms. The third-order valence-electron chi connectivity index (χ3n) is 2.96. The molecule has 112 valence electrons. The molecule has 0 aliphatic heterocycles. The lowest BCUT2D eigenvalue weighted by Gasteiger charge is -2.17. The van der Waals surface area contributed by atoms with Crippen LogP contribution in [0.15, 0.2) is 46.9 Å². The second kappa shape index (κ2) is 7.75. The van der Waals surface area contributed by atoms with Crippen LogP contribution in [0, 0.1) is 5.82 Å². The topological polar surface area (TPSA) is 47.3 Å². The van der Waals surface area contributed by atoms with Crippen molar-refractivity contribution in [2.24, 2.45) is 5.84 Å². The third kappa shape index (κ3) is 4.97. The summed E-state index contributed by atoms with van der Waals surface area (Å²) in [6.07, 6.45) is 0.609. The third-order valence-corrected chi connectivity index (χ3v) is 3.94.